The molecule has 0 unspecified atom stereocenters. The molecule has 7 nitrogen and oxygen atoms in total. The van der Waals surface area contributed by atoms with Crippen LogP contribution in [0.25, 0.3) is 0 Å². The van der Waals surface area contributed by atoms with Gasteiger partial charge in [0.05, 0.1) is 19.6 Å². The molecule has 0 aliphatic carbocycles. The van der Waals surface area contributed by atoms with Crippen molar-refractivity contribution in [2.45, 2.75) is 58.7 Å². The van der Waals surface area contributed by atoms with Crippen molar-refractivity contribution in [3.8, 4) is 11.5 Å². The summed E-state index contributed by atoms with van der Waals surface area (Å²) in [5, 5.41) is 30.4. The van der Waals surface area contributed by atoms with Crippen molar-refractivity contribution in [3.05, 3.63) is 63.9 Å². The van der Waals surface area contributed by atoms with E-state index in [4.69, 9.17) is 4.74 Å². The second-order valence-electron chi connectivity index (χ2n) is 9.68. The zero-order valence-electron chi connectivity index (χ0n) is 19.8. The van der Waals surface area contributed by atoms with E-state index in [1.165, 1.54) is 6.07 Å². The lowest BCUT2D eigenvalue weighted by atomic mass is 9.86. The molecule has 0 saturated heterocycles. The fourth-order valence-electron chi connectivity index (χ4n) is 3.12. The summed E-state index contributed by atoms with van der Waals surface area (Å²) in [6.07, 6.45) is 0.906. The first kappa shape index (κ1) is 25.3. The molecule has 0 amide bonds. The van der Waals surface area contributed by atoms with Gasteiger partial charge in [0.25, 0.3) is 5.69 Å². The van der Waals surface area contributed by atoms with Gasteiger partial charge in [-0.3, -0.25) is 10.1 Å². The molecule has 2 rings (SSSR count). The molecule has 0 spiro atoms. The quantitative estimate of drug-likeness (QED) is 0.139. The minimum atomic E-state index is -1.39. The maximum atomic E-state index is 11.4. The maximum absolute atomic E-state index is 11.4. The molecule has 0 aromatic heterocycles. The largest absolute Gasteiger partial charge is 0.505 e. The predicted molar refractivity (Wildman–Crippen MR) is 131 cm³/mol. The van der Waals surface area contributed by atoms with Crippen molar-refractivity contribution in [2.75, 3.05) is 6.61 Å². The van der Waals surface area contributed by atoms with E-state index < -0.39 is 13.0 Å². The molecule has 172 valence electrons. The molecule has 0 atom stereocenters. The summed E-state index contributed by atoms with van der Waals surface area (Å²) in [5.74, 6) is 0.571. The first-order valence-corrected chi connectivity index (χ1v) is 13.9. The first-order chi connectivity index (χ1) is 14.8. The highest BCUT2D eigenvalue weighted by molar-refractivity contribution is 6.82. The van der Waals surface area contributed by atoms with Gasteiger partial charge in [-0.1, -0.05) is 46.0 Å². The summed E-state index contributed by atoms with van der Waals surface area (Å²) in [4.78, 5) is 10.9. The van der Waals surface area contributed by atoms with Crippen LogP contribution in [0.5, 0.6) is 11.5 Å². The smallest absolute Gasteiger partial charge is 0.296 e. The van der Waals surface area contributed by atoms with Crippen molar-refractivity contribution < 1.29 is 14.8 Å². The number of phenols is 1. The molecule has 1 N–H and O–H groups in total. The van der Waals surface area contributed by atoms with Crippen molar-refractivity contribution in [1.29, 1.82) is 0 Å². The molecule has 8 heteroatoms. The number of nitrogens with zero attached hydrogens (tertiary/aromatic N) is 3. The van der Waals surface area contributed by atoms with E-state index in [0.717, 1.165) is 18.0 Å². The number of hydrogen-bond acceptors (Lipinski definition) is 6. The van der Waals surface area contributed by atoms with Crippen molar-refractivity contribution >= 4 is 25.1 Å². The summed E-state index contributed by atoms with van der Waals surface area (Å²) in [7, 11) is -1.39. The average molecular weight is 456 g/mol. The summed E-state index contributed by atoms with van der Waals surface area (Å²) in [5.41, 5.74) is 3.35. The predicted octanol–water partition coefficient (Wildman–Crippen LogP) is 7.52. The number of rotatable bonds is 9. The standard InChI is InChI=1S/C24H33N3O4Si/c1-8-32(6,7)13-9-12-31-18-15-19(24(3,4)5)23(28)21(16-18)26-25-20-11-10-17(2)14-22(20)27(29)30/h8,10-11,14-16,28H,1,9,12-13H2,2-7H3. The molecule has 0 saturated carbocycles. The first-order valence-electron chi connectivity index (χ1n) is 10.6. The van der Waals surface area contributed by atoms with Crippen LogP contribution in [-0.4, -0.2) is 24.7 Å². The van der Waals surface area contributed by atoms with Gasteiger partial charge in [-0.15, -0.1) is 22.5 Å². The molecule has 0 aliphatic heterocycles. The number of ether oxygens (including phenoxy) is 1. The molecule has 0 fully saturated rings. The van der Waals surface area contributed by atoms with E-state index in [1.54, 1.807) is 25.1 Å². The number of aryl methyl sites for hydroxylation is 1. The third-order valence-corrected chi connectivity index (χ3v) is 8.00. The molecular formula is C24H33N3O4Si. The summed E-state index contributed by atoms with van der Waals surface area (Å²) in [6.45, 7) is 16.7. The molecule has 32 heavy (non-hydrogen) atoms. The Morgan fingerprint density at radius 2 is 1.84 bits per heavy atom. The van der Waals surface area contributed by atoms with Crippen LogP contribution in [0.4, 0.5) is 17.1 Å². The van der Waals surface area contributed by atoms with Crippen LogP contribution in [0, 0.1) is 17.0 Å². The normalized spacial score (nSPS) is 12.2. The molecular weight excluding hydrogens is 422 g/mol. The summed E-state index contributed by atoms with van der Waals surface area (Å²) in [6, 6.07) is 9.23. The van der Waals surface area contributed by atoms with Gasteiger partial charge in [-0.2, -0.15) is 0 Å². The van der Waals surface area contributed by atoms with Crippen molar-refractivity contribution in [3.63, 3.8) is 0 Å². The number of azo groups is 1. The third-order valence-electron chi connectivity index (χ3n) is 5.25. The molecule has 0 bridgehead atoms. The SMILES string of the molecule is C=C[Si](C)(C)CCCOc1cc(N=Nc2ccc(C)cc2[N+](=O)[O-])c(O)c(C(C)(C)C)c1. The minimum Gasteiger partial charge on any atom is -0.505 e. The molecule has 0 aliphatic rings. The average Bonchev–Trinajstić information content (AvgIpc) is 2.70. The number of hydrogen-bond donors (Lipinski definition) is 1. The fraction of sp³-hybridized carbons (Fsp3) is 0.417. The zero-order valence-corrected chi connectivity index (χ0v) is 20.8. The van der Waals surface area contributed by atoms with Gasteiger partial charge in [0, 0.05) is 17.7 Å². The van der Waals surface area contributed by atoms with Gasteiger partial charge >= 0.3 is 0 Å². The highest BCUT2D eigenvalue weighted by Gasteiger charge is 2.23. The Labute approximate surface area is 191 Å². The lowest BCUT2D eigenvalue weighted by Gasteiger charge is -2.22. The Kier molecular flexibility index (Phi) is 7.96. The fourth-order valence-corrected chi connectivity index (χ4v) is 4.38. The molecule has 2 aromatic rings. The highest BCUT2D eigenvalue weighted by atomic mass is 28.3. The van der Waals surface area contributed by atoms with Gasteiger partial charge < -0.3 is 9.84 Å². The summed E-state index contributed by atoms with van der Waals surface area (Å²) >= 11 is 0. The van der Waals surface area contributed by atoms with E-state index in [1.807, 2.05) is 26.8 Å². The Morgan fingerprint density at radius 1 is 1.19 bits per heavy atom. The van der Waals surface area contributed by atoms with Crippen molar-refractivity contribution in [1.82, 2.24) is 0 Å². The Hall–Kier alpha value is -3.00. The van der Waals surface area contributed by atoms with E-state index in [0.29, 0.717) is 17.9 Å². The second kappa shape index (κ2) is 10.1. The summed E-state index contributed by atoms with van der Waals surface area (Å²) < 4.78 is 5.97. The lowest BCUT2D eigenvalue weighted by Crippen LogP contribution is -2.22. The van der Waals surface area contributed by atoms with E-state index in [9.17, 15) is 15.2 Å². The van der Waals surface area contributed by atoms with Crippen LogP contribution in [0.1, 0.15) is 38.3 Å². The Bertz CT molecular complexity index is 1030. The molecule has 2 aromatic carbocycles. The van der Waals surface area contributed by atoms with Crippen LogP contribution in [0.15, 0.2) is 52.8 Å². The van der Waals surface area contributed by atoms with E-state index in [-0.39, 0.29) is 28.2 Å². The van der Waals surface area contributed by atoms with Gasteiger partial charge in [0.1, 0.15) is 17.2 Å². The van der Waals surface area contributed by atoms with Gasteiger partial charge in [0.15, 0.2) is 5.69 Å². The number of nitro groups is 1. The number of phenolic OH excluding ortho intramolecular Hbond substituents is 1. The van der Waals surface area contributed by atoms with E-state index in [2.05, 4.69) is 35.6 Å². The number of nitro benzene ring substituents is 1. The van der Waals surface area contributed by atoms with Crippen LogP contribution in [-0.2, 0) is 5.41 Å². The molecule has 0 heterocycles. The topological polar surface area (TPSA) is 97.3 Å². The van der Waals surface area contributed by atoms with Crippen molar-refractivity contribution in [2.24, 2.45) is 10.2 Å². The highest BCUT2D eigenvalue weighted by Crippen LogP contribution is 2.42. The van der Waals surface area contributed by atoms with Crippen LogP contribution < -0.4 is 4.74 Å². The zero-order chi connectivity index (χ0) is 24.1. The van der Waals surface area contributed by atoms with Crippen LogP contribution >= 0.6 is 0 Å². The van der Waals surface area contributed by atoms with E-state index >= 15 is 0 Å². The lowest BCUT2D eigenvalue weighted by molar-refractivity contribution is -0.384. The Morgan fingerprint density at radius 3 is 2.44 bits per heavy atom. The monoisotopic (exact) mass is 455 g/mol. The third kappa shape index (κ3) is 6.75. The Balaban J connectivity index is 2.36. The minimum absolute atomic E-state index is 0.0106. The second-order valence-corrected chi connectivity index (χ2v) is 14.6. The van der Waals surface area contributed by atoms with Gasteiger partial charge in [0.2, 0.25) is 0 Å². The number of benzene rings is 2. The van der Waals surface area contributed by atoms with Gasteiger partial charge in [-0.05, 0) is 36.5 Å². The van der Waals surface area contributed by atoms with Crippen LogP contribution in [0.2, 0.25) is 19.1 Å². The van der Waals surface area contributed by atoms with Gasteiger partial charge in [-0.25, -0.2) is 0 Å². The molecule has 0 radical (unpaired) electrons. The van der Waals surface area contributed by atoms with Crippen LogP contribution in [0.3, 0.4) is 0 Å². The maximum Gasteiger partial charge on any atom is 0.296 e. The number of aromatic hydroxyl groups is 1.